The van der Waals surface area contributed by atoms with Crippen molar-refractivity contribution >= 4 is 21.9 Å². The van der Waals surface area contributed by atoms with Crippen LogP contribution in [0.1, 0.15) is 5.56 Å². The van der Waals surface area contributed by atoms with E-state index < -0.39 is 0 Å². The van der Waals surface area contributed by atoms with Crippen molar-refractivity contribution in [2.24, 2.45) is 0 Å². The van der Waals surface area contributed by atoms with Crippen molar-refractivity contribution in [3.8, 4) is 11.3 Å². The van der Waals surface area contributed by atoms with E-state index in [9.17, 15) is 0 Å². The smallest absolute Gasteiger partial charge is 0.144 e. The molecule has 2 heteroatoms. The van der Waals surface area contributed by atoms with Crippen molar-refractivity contribution in [3.63, 3.8) is 0 Å². The van der Waals surface area contributed by atoms with Crippen molar-refractivity contribution in [2.75, 3.05) is 0 Å². The van der Waals surface area contributed by atoms with E-state index >= 15 is 0 Å². The Morgan fingerprint density at radius 2 is 1.70 bits per heavy atom. The highest BCUT2D eigenvalue weighted by Gasteiger charge is 2.11. The van der Waals surface area contributed by atoms with Crippen LogP contribution in [0.15, 0.2) is 65.2 Å². The topological polar surface area (TPSA) is 26.0 Å². The monoisotopic (exact) mass is 259 g/mol. The fourth-order valence-corrected chi connectivity index (χ4v) is 2.58. The normalized spacial score (nSPS) is 11.2. The fourth-order valence-electron chi connectivity index (χ4n) is 2.58. The maximum atomic E-state index is 6.03. The number of nitrogens with zero attached hydrogens (tertiary/aromatic N) is 1. The van der Waals surface area contributed by atoms with E-state index in [4.69, 9.17) is 4.42 Å². The highest BCUT2D eigenvalue weighted by molar-refractivity contribution is 6.09. The first-order valence-corrected chi connectivity index (χ1v) is 6.66. The standard InChI is InChI=1S/C18H13NO/c1-12-9-10-16(19-11-12)15-7-4-6-14-13-5-2-3-8-17(13)20-18(14)15/h2-11H,1H3. The minimum absolute atomic E-state index is 0.907. The molecular formula is C18H13NO. The van der Waals surface area contributed by atoms with Crippen LogP contribution in [-0.2, 0) is 0 Å². The summed E-state index contributed by atoms with van der Waals surface area (Å²) in [6.07, 6.45) is 1.89. The van der Waals surface area contributed by atoms with Gasteiger partial charge >= 0.3 is 0 Å². The van der Waals surface area contributed by atoms with E-state index in [1.54, 1.807) is 0 Å². The minimum Gasteiger partial charge on any atom is -0.455 e. The SMILES string of the molecule is Cc1ccc(-c2cccc3c2oc2ccccc23)nc1. The lowest BCUT2D eigenvalue weighted by atomic mass is 10.1. The number of hydrogen-bond donors (Lipinski definition) is 0. The molecule has 0 aliphatic heterocycles. The summed E-state index contributed by atoms with van der Waals surface area (Å²) in [5.41, 5.74) is 4.97. The zero-order valence-corrected chi connectivity index (χ0v) is 11.1. The van der Waals surface area contributed by atoms with Crippen LogP contribution >= 0.6 is 0 Å². The second-order valence-electron chi connectivity index (χ2n) is 5.00. The first kappa shape index (κ1) is 11.2. The van der Waals surface area contributed by atoms with E-state index in [-0.39, 0.29) is 0 Å². The van der Waals surface area contributed by atoms with E-state index in [1.165, 1.54) is 0 Å². The van der Waals surface area contributed by atoms with Crippen LogP contribution in [-0.4, -0.2) is 4.98 Å². The molecule has 0 saturated carbocycles. The third-order valence-corrected chi connectivity index (χ3v) is 3.59. The zero-order valence-electron chi connectivity index (χ0n) is 11.1. The van der Waals surface area contributed by atoms with Gasteiger partial charge in [-0.3, -0.25) is 4.98 Å². The highest BCUT2D eigenvalue weighted by atomic mass is 16.3. The highest BCUT2D eigenvalue weighted by Crippen LogP contribution is 2.34. The number of fused-ring (bicyclic) bond motifs is 3. The zero-order chi connectivity index (χ0) is 13.5. The molecule has 2 aromatic carbocycles. The molecule has 2 aromatic heterocycles. The molecule has 0 aliphatic carbocycles. The summed E-state index contributed by atoms with van der Waals surface area (Å²) < 4.78 is 6.03. The Morgan fingerprint density at radius 3 is 2.55 bits per heavy atom. The second-order valence-corrected chi connectivity index (χ2v) is 5.00. The Kier molecular flexibility index (Phi) is 2.36. The van der Waals surface area contributed by atoms with Gasteiger partial charge in [0.1, 0.15) is 11.2 Å². The molecule has 2 heterocycles. The second kappa shape index (κ2) is 4.20. The van der Waals surface area contributed by atoms with Crippen molar-refractivity contribution in [1.82, 2.24) is 4.98 Å². The number of hydrogen-bond acceptors (Lipinski definition) is 2. The lowest BCUT2D eigenvalue weighted by molar-refractivity contribution is 0.670. The first-order valence-electron chi connectivity index (χ1n) is 6.66. The number of furan rings is 1. The van der Waals surface area contributed by atoms with Crippen molar-refractivity contribution in [1.29, 1.82) is 0 Å². The van der Waals surface area contributed by atoms with Crippen LogP contribution in [0.25, 0.3) is 33.2 Å². The van der Waals surface area contributed by atoms with Crippen molar-refractivity contribution in [2.45, 2.75) is 6.92 Å². The molecule has 0 amide bonds. The van der Waals surface area contributed by atoms with Crippen LogP contribution in [0.2, 0.25) is 0 Å². The van der Waals surface area contributed by atoms with Gasteiger partial charge in [0, 0.05) is 22.5 Å². The number of aryl methyl sites for hydroxylation is 1. The fraction of sp³-hybridized carbons (Fsp3) is 0.0556. The number of pyridine rings is 1. The van der Waals surface area contributed by atoms with Gasteiger partial charge in [0.15, 0.2) is 0 Å². The summed E-state index contributed by atoms with van der Waals surface area (Å²) in [6.45, 7) is 2.04. The van der Waals surface area contributed by atoms with Gasteiger partial charge in [0.2, 0.25) is 0 Å². The summed E-state index contributed by atoms with van der Waals surface area (Å²) in [4.78, 5) is 4.51. The average molecular weight is 259 g/mol. The minimum atomic E-state index is 0.907. The lowest BCUT2D eigenvalue weighted by Crippen LogP contribution is -1.84. The molecule has 0 aliphatic rings. The quantitative estimate of drug-likeness (QED) is 0.483. The summed E-state index contributed by atoms with van der Waals surface area (Å²) >= 11 is 0. The van der Waals surface area contributed by atoms with Crippen LogP contribution < -0.4 is 0 Å². The molecule has 0 N–H and O–H groups in total. The lowest BCUT2D eigenvalue weighted by Gasteiger charge is -2.02. The summed E-state index contributed by atoms with van der Waals surface area (Å²) in [5.74, 6) is 0. The summed E-state index contributed by atoms with van der Waals surface area (Å²) in [5, 5.41) is 2.29. The third-order valence-electron chi connectivity index (χ3n) is 3.59. The Bertz CT molecular complexity index is 904. The molecule has 0 bridgehead atoms. The molecule has 4 aromatic rings. The molecule has 0 radical (unpaired) electrons. The Hall–Kier alpha value is -2.61. The van der Waals surface area contributed by atoms with Crippen LogP contribution in [0.3, 0.4) is 0 Å². The molecule has 0 atom stereocenters. The third kappa shape index (κ3) is 1.62. The maximum absolute atomic E-state index is 6.03. The molecule has 20 heavy (non-hydrogen) atoms. The molecule has 96 valence electrons. The maximum Gasteiger partial charge on any atom is 0.144 e. The van der Waals surface area contributed by atoms with E-state index in [0.717, 1.165) is 38.8 Å². The Morgan fingerprint density at radius 1 is 0.850 bits per heavy atom. The Labute approximate surface area is 116 Å². The Balaban J connectivity index is 2.07. The van der Waals surface area contributed by atoms with Crippen LogP contribution in [0.4, 0.5) is 0 Å². The van der Waals surface area contributed by atoms with Gasteiger partial charge in [0.25, 0.3) is 0 Å². The first-order chi connectivity index (χ1) is 9.83. The number of benzene rings is 2. The number of para-hydroxylation sites is 2. The van der Waals surface area contributed by atoms with E-state index in [0.29, 0.717) is 0 Å². The van der Waals surface area contributed by atoms with E-state index in [1.807, 2.05) is 37.4 Å². The molecular weight excluding hydrogens is 246 g/mol. The van der Waals surface area contributed by atoms with Crippen LogP contribution in [0.5, 0.6) is 0 Å². The summed E-state index contributed by atoms with van der Waals surface area (Å²) in [6, 6.07) is 18.4. The van der Waals surface area contributed by atoms with Gasteiger partial charge in [0.05, 0.1) is 5.69 Å². The van der Waals surface area contributed by atoms with Gasteiger partial charge in [-0.2, -0.15) is 0 Å². The molecule has 0 unspecified atom stereocenters. The predicted octanol–water partition coefficient (Wildman–Crippen LogP) is 4.96. The van der Waals surface area contributed by atoms with E-state index in [2.05, 4.69) is 35.3 Å². The molecule has 0 spiro atoms. The number of aromatic nitrogens is 1. The van der Waals surface area contributed by atoms with Gasteiger partial charge in [-0.1, -0.05) is 36.4 Å². The van der Waals surface area contributed by atoms with Crippen molar-refractivity contribution < 1.29 is 4.42 Å². The average Bonchev–Trinajstić information content (AvgIpc) is 2.87. The molecule has 0 fully saturated rings. The van der Waals surface area contributed by atoms with Crippen LogP contribution in [0, 0.1) is 6.92 Å². The summed E-state index contributed by atoms with van der Waals surface area (Å²) in [7, 11) is 0. The molecule has 2 nitrogen and oxygen atoms in total. The van der Waals surface area contributed by atoms with Gasteiger partial charge in [-0.25, -0.2) is 0 Å². The molecule has 4 rings (SSSR count). The van der Waals surface area contributed by atoms with Crippen molar-refractivity contribution in [3.05, 3.63) is 66.4 Å². The molecule has 0 saturated heterocycles. The predicted molar refractivity (Wildman–Crippen MR) is 81.7 cm³/mol. The number of rotatable bonds is 1. The van der Waals surface area contributed by atoms with Gasteiger partial charge in [-0.05, 0) is 30.7 Å². The van der Waals surface area contributed by atoms with Gasteiger partial charge in [-0.15, -0.1) is 0 Å². The largest absolute Gasteiger partial charge is 0.455 e. The van der Waals surface area contributed by atoms with Gasteiger partial charge < -0.3 is 4.42 Å².